The zero-order valence-corrected chi connectivity index (χ0v) is 7.01. The Balaban J connectivity index is 3.13. The Morgan fingerprint density at radius 2 is 2.42 bits per heavy atom. The maximum Gasteiger partial charge on any atom is 0.252 e. The summed E-state index contributed by atoms with van der Waals surface area (Å²) in [6, 6.07) is 0.772. The quantitative estimate of drug-likeness (QED) is 0.612. The number of hydrogen-bond acceptors (Lipinski definition) is 3. The summed E-state index contributed by atoms with van der Waals surface area (Å²) < 4.78 is 0. The molecule has 4 N–H and O–H groups in total. The van der Waals surface area contributed by atoms with Crippen molar-refractivity contribution in [1.29, 1.82) is 0 Å². The predicted molar refractivity (Wildman–Crippen MR) is 46.1 cm³/mol. The SMILES string of the molecule is NC(CO)c1cc(Cl)c[nH]c1=O. The third-order valence-electron chi connectivity index (χ3n) is 1.49. The molecule has 1 unspecified atom stereocenters. The molecule has 0 amide bonds. The van der Waals surface area contributed by atoms with Crippen LogP contribution in [0.2, 0.25) is 5.02 Å². The number of aromatic amines is 1. The molecule has 0 aromatic carbocycles. The number of halogens is 1. The van der Waals surface area contributed by atoms with Gasteiger partial charge in [-0.25, -0.2) is 0 Å². The van der Waals surface area contributed by atoms with Crippen LogP contribution in [-0.4, -0.2) is 16.7 Å². The topological polar surface area (TPSA) is 79.1 Å². The van der Waals surface area contributed by atoms with E-state index in [4.69, 9.17) is 22.4 Å². The molecule has 0 aliphatic carbocycles. The lowest BCUT2D eigenvalue weighted by Crippen LogP contribution is -2.23. The fraction of sp³-hybridized carbons (Fsp3) is 0.286. The van der Waals surface area contributed by atoms with E-state index in [1.807, 2.05) is 0 Å². The molecule has 5 heteroatoms. The van der Waals surface area contributed by atoms with Crippen LogP contribution in [0, 0.1) is 0 Å². The molecule has 1 rings (SSSR count). The Morgan fingerprint density at radius 3 is 3.00 bits per heavy atom. The van der Waals surface area contributed by atoms with Gasteiger partial charge in [0.1, 0.15) is 0 Å². The fourth-order valence-electron chi connectivity index (χ4n) is 0.847. The van der Waals surface area contributed by atoms with E-state index in [2.05, 4.69) is 4.98 Å². The molecule has 1 aromatic rings. The van der Waals surface area contributed by atoms with E-state index in [9.17, 15) is 4.79 Å². The van der Waals surface area contributed by atoms with Gasteiger partial charge in [0.05, 0.1) is 17.7 Å². The average Bonchev–Trinajstić information content (AvgIpc) is 2.08. The minimum atomic E-state index is -0.674. The molecule has 0 spiro atoms. The van der Waals surface area contributed by atoms with Crippen molar-refractivity contribution in [2.45, 2.75) is 6.04 Å². The van der Waals surface area contributed by atoms with E-state index < -0.39 is 6.04 Å². The Labute approximate surface area is 74.0 Å². The van der Waals surface area contributed by atoms with Crippen LogP contribution in [0.25, 0.3) is 0 Å². The number of pyridine rings is 1. The Bertz CT molecular complexity index is 323. The minimum absolute atomic E-state index is 0.274. The van der Waals surface area contributed by atoms with Crippen LogP contribution < -0.4 is 11.3 Å². The molecule has 4 nitrogen and oxygen atoms in total. The van der Waals surface area contributed by atoms with Crippen molar-refractivity contribution >= 4 is 11.6 Å². The first-order valence-corrected chi connectivity index (χ1v) is 3.77. The highest BCUT2D eigenvalue weighted by Gasteiger charge is 2.08. The Kier molecular flexibility index (Phi) is 2.86. The number of nitrogens with two attached hydrogens (primary N) is 1. The molecule has 0 bridgehead atoms. The van der Waals surface area contributed by atoms with Gasteiger partial charge in [-0.15, -0.1) is 0 Å². The number of nitrogens with one attached hydrogen (secondary N) is 1. The molecule has 1 atom stereocenters. The lowest BCUT2D eigenvalue weighted by atomic mass is 10.1. The first kappa shape index (κ1) is 9.25. The van der Waals surface area contributed by atoms with Crippen LogP contribution in [0.1, 0.15) is 11.6 Å². The summed E-state index contributed by atoms with van der Waals surface area (Å²) >= 11 is 5.61. The van der Waals surface area contributed by atoms with Crippen LogP contribution in [0.5, 0.6) is 0 Å². The molecule has 0 fully saturated rings. The van der Waals surface area contributed by atoms with Crippen molar-refractivity contribution in [2.24, 2.45) is 5.73 Å². The highest BCUT2D eigenvalue weighted by Crippen LogP contribution is 2.09. The number of H-pyrrole nitrogens is 1. The molecule has 1 heterocycles. The van der Waals surface area contributed by atoms with Gasteiger partial charge in [-0.2, -0.15) is 0 Å². The largest absolute Gasteiger partial charge is 0.394 e. The molecule has 0 aliphatic heterocycles. The van der Waals surface area contributed by atoms with Crippen molar-refractivity contribution < 1.29 is 5.11 Å². The number of rotatable bonds is 2. The lowest BCUT2D eigenvalue weighted by Gasteiger charge is -2.06. The maximum absolute atomic E-state index is 11.1. The highest BCUT2D eigenvalue weighted by atomic mass is 35.5. The van der Waals surface area contributed by atoms with Crippen LogP contribution in [0.3, 0.4) is 0 Å². The Hall–Kier alpha value is -0.840. The van der Waals surface area contributed by atoms with Crippen molar-refractivity contribution in [3.8, 4) is 0 Å². The number of aliphatic hydroxyl groups is 1. The summed E-state index contributed by atoms with van der Waals surface area (Å²) in [5.41, 5.74) is 5.41. The molecule has 0 saturated carbocycles. The van der Waals surface area contributed by atoms with Crippen LogP contribution in [0.15, 0.2) is 17.1 Å². The van der Waals surface area contributed by atoms with Crippen LogP contribution >= 0.6 is 11.6 Å². The maximum atomic E-state index is 11.1. The summed E-state index contributed by atoms with van der Waals surface area (Å²) in [5.74, 6) is 0. The molecule has 12 heavy (non-hydrogen) atoms. The summed E-state index contributed by atoms with van der Waals surface area (Å²) in [5, 5.41) is 9.08. The van der Waals surface area contributed by atoms with Crippen LogP contribution in [0.4, 0.5) is 0 Å². The molecule has 0 saturated heterocycles. The molecule has 66 valence electrons. The van der Waals surface area contributed by atoms with Gasteiger partial charge >= 0.3 is 0 Å². The van der Waals surface area contributed by atoms with E-state index >= 15 is 0 Å². The molecular weight excluding hydrogens is 180 g/mol. The van der Waals surface area contributed by atoms with Gasteiger partial charge in [0, 0.05) is 11.8 Å². The molecule has 1 aromatic heterocycles. The van der Waals surface area contributed by atoms with Gasteiger partial charge in [-0.05, 0) is 6.07 Å². The van der Waals surface area contributed by atoms with Gasteiger partial charge in [0.2, 0.25) is 0 Å². The standard InChI is InChI=1S/C7H9ClN2O2/c8-4-1-5(6(9)3-11)7(12)10-2-4/h1-2,6,11H,3,9H2,(H,10,12). The molecule has 0 radical (unpaired) electrons. The second-order valence-corrected chi connectivity index (χ2v) is 2.83. The van der Waals surface area contributed by atoms with Crippen molar-refractivity contribution in [1.82, 2.24) is 4.98 Å². The summed E-state index contributed by atoms with van der Waals surface area (Å²) in [4.78, 5) is 13.5. The van der Waals surface area contributed by atoms with Gasteiger partial charge in [-0.3, -0.25) is 4.79 Å². The third kappa shape index (κ3) is 1.85. The van der Waals surface area contributed by atoms with E-state index in [1.165, 1.54) is 12.3 Å². The first-order valence-electron chi connectivity index (χ1n) is 3.39. The first-order chi connectivity index (χ1) is 5.65. The third-order valence-corrected chi connectivity index (χ3v) is 1.71. The monoisotopic (exact) mass is 188 g/mol. The summed E-state index contributed by atoms with van der Waals surface area (Å²) in [7, 11) is 0. The average molecular weight is 189 g/mol. The fourth-order valence-corrected chi connectivity index (χ4v) is 1.02. The zero-order chi connectivity index (χ0) is 9.14. The van der Waals surface area contributed by atoms with Gasteiger partial charge in [-0.1, -0.05) is 11.6 Å². The minimum Gasteiger partial charge on any atom is -0.394 e. The number of aromatic nitrogens is 1. The zero-order valence-electron chi connectivity index (χ0n) is 6.25. The summed E-state index contributed by atoms with van der Waals surface area (Å²) in [6.07, 6.45) is 1.37. The number of hydrogen-bond donors (Lipinski definition) is 3. The van der Waals surface area contributed by atoms with E-state index in [0.29, 0.717) is 10.6 Å². The second-order valence-electron chi connectivity index (χ2n) is 2.39. The smallest absolute Gasteiger partial charge is 0.252 e. The highest BCUT2D eigenvalue weighted by molar-refractivity contribution is 6.30. The van der Waals surface area contributed by atoms with Crippen molar-refractivity contribution in [3.05, 3.63) is 33.2 Å². The lowest BCUT2D eigenvalue weighted by molar-refractivity contribution is 0.267. The Morgan fingerprint density at radius 1 is 1.75 bits per heavy atom. The van der Waals surface area contributed by atoms with Gasteiger partial charge < -0.3 is 15.8 Å². The van der Waals surface area contributed by atoms with Gasteiger partial charge in [0.25, 0.3) is 5.56 Å². The van der Waals surface area contributed by atoms with Crippen molar-refractivity contribution in [2.75, 3.05) is 6.61 Å². The number of aliphatic hydroxyl groups excluding tert-OH is 1. The molecular formula is C7H9ClN2O2. The van der Waals surface area contributed by atoms with Crippen LogP contribution in [-0.2, 0) is 0 Å². The van der Waals surface area contributed by atoms with Crippen molar-refractivity contribution in [3.63, 3.8) is 0 Å². The normalized spacial score (nSPS) is 12.9. The molecule has 0 aliphatic rings. The second kappa shape index (κ2) is 3.71. The van der Waals surface area contributed by atoms with E-state index in [1.54, 1.807) is 0 Å². The predicted octanol–water partition coefficient (Wildman–Crippen LogP) is 0.0204. The van der Waals surface area contributed by atoms with E-state index in [-0.39, 0.29) is 12.2 Å². The summed E-state index contributed by atoms with van der Waals surface area (Å²) in [6.45, 7) is -0.274. The van der Waals surface area contributed by atoms with Gasteiger partial charge in [0.15, 0.2) is 0 Å². The van der Waals surface area contributed by atoms with E-state index in [0.717, 1.165) is 0 Å².